The maximum Gasteiger partial charge on any atom is 0.417 e. The van der Waals surface area contributed by atoms with Crippen molar-refractivity contribution in [3.05, 3.63) is 36.0 Å². The lowest BCUT2D eigenvalue weighted by Gasteiger charge is -2.16. The first kappa shape index (κ1) is 13.5. The van der Waals surface area contributed by atoms with Crippen LogP contribution in [0.5, 0.6) is 5.75 Å². The van der Waals surface area contributed by atoms with E-state index in [1.54, 1.807) is 13.8 Å². The molecule has 0 spiro atoms. The average molecular weight is 270 g/mol. The number of aromatic hydroxyl groups is 1. The molecule has 1 heterocycles. The third-order valence-electron chi connectivity index (χ3n) is 2.75. The minimum Gasteiger partial charge on any atom is -0.504 e. The van der Waals surface area contributed by atoms with Gasteiger partial charge in [-0.3, -0.25) is 4.68 Å². The van der Waals surface area contributed by atoms with E-state index in [0.29, 0.717) is 0 Å². The zero-order valence-corrected chi connectivity index (χ0v) is 10.4. The zero-order valence-electron chi connectivity index (χ0n) is 10.4. The second-order valence-electron chi connectivity index (χ2n) is 4.46. The van der Waals surface area contributed by atoms with Crippen LogP contribution >= 0.6 is 0 Å². The number of nitrogens with zero attached hydrogens (tertiary/aromatic N) is 2. The normalized spacial score (nSPS) is 12.1. The summed E-state index contributed by atoms with van der Waals surface area (Å²) in [5, 5.41) is 13.7. The summed E-state index contributed by atoms with van der Waals surface area (Å²) in [6, 6.07) is 4.99. The van der Waals surface area contributed by atoms with Crippen LogP contribution in [0.15, 0.2) is 30.5 Å². The Hall–Kier alpha value is -1.98. The fourth-order valence-electron chi connectivity index (χ4n) is 1.94. The summed E-state index contributed by atoms with van der Waals surface area (Å²) in [7, 11) is 0. The highest BCUT2D eigenvalue weighted by Gasteiger charge is 2.35. The molecule has 0 aliphatic carbocycles. The van der Waals surface area contributed by atoms with Crippen molar-refractivity contribution in [2.75, 3.05) is 0 Å². The van der Waals surface area contributed by atoms with Crippen molar-refractivity contribution in [2.24, 2.45) is 0 Å². The number of hydrogen-bond acceptors (Lipinski definition) is 2. The van der Waals surface area contributed by atoms with Gasteiger partial charge in [-0.05, 0) is 19.9 Å². The van der Waals surface area contributed by atoms with Gasteiger partial charge < -0.3 is 5.11 Å². The first-order valence-electron chi connectivity index (χ1n) is 5.75. The molecule has 102 valence electrons. The molecule has 0 aliphatic rings. The van der Waals surface area contributed by atoms with E-state index in [0.717, 1.165) is 12.3 Å². The lowest BCUT2D eigenvalue weighted by atomic mass is 10.0. The maximum atomic E-state index is 13.0. The van der Waals surface area contributed by atoms with Crippen LogP contribution in [-0.4, -0.2) is 14.9 Å². The molecule has 0 radical (unpaired) electrons. The molecule has 0 saturated heterocycles. The summed E-state index contributed by atoms with van der Waals surface area (Å²) >= 11 is 0. The van der Waals surface area contributed by atoms with Crippen molar-refractivity contribution in [1.82, 2.24) is 9.78 Å². The summed E-state index contributed by atoms with van der Waals surface area (Å²) in [5.41, 5.74) is -0.769. The summed E-state index contributed by atoms with van der Waals surface area (Å²) in [5.74, 6) is -0.259. The van der Waals surface area contributed by atoms with Gasteiger partial charge in [0.15, 0.2) is 5.75 Å². The van der Waals surface area contributed by atoms with E-state index in [1.807, 2.05) is 0 Å². The Kier molecular flexibility index (Phi) is 3.26. The zero-order chi connectivity index (χ0) is 14.2. The Balaban J connectivity index is 2.70. The molecule has 0 atom stereocenters. The monoisotopic (exact) mass is 270 g/mol. The molecule has 1 aromatic carbocycles. The first-order chi connectivity index (χ1) is 8.82. The second kappa shape index (κ2) is 4.60. The quantitative estimate of drug-likeness (QED) is 0.900. The molecule has 6 heteroatoms. The van der Waals surface area contributed by atoms with E-state index in [1.165, 1.54) is 22.9 Å². The molecule has 0 amide bonds. The van der Waals surface area contributed by atoms with Gasteiger partial charge in [0.2, 0.25) is 0 Å². The molecule has 0 bridgehead atoms. The summed E-state index contributed by atoms with van der Waals surface area (Å²) in [6.07, 6.45) is -3.32. The predicted octanol–water partition coefficient (Wildman–Crippen LogP) is 3.86. The van der Waals surface area contributed by atoms with Gasteiger partial charge in [-0.25, -0.2) is 0 Å². The van der Waals surface area contributed by atoms with Gasteiger partial charge in [0.05, 0.1) is 11.8 Å². The number of hydrogen-bond donors (Lipinski definition) is 1. The third-order valence-corrected chi connectivity index (χ3v) is 2.75. The lowest BCUT2D eigenvalue weighted by Crippen LogP contribution is -2.10. The molecule has 2 rings (SSSR count). The lowest BCUT2D eigenvalue weighted by molar-refractivity contribution is -0.137. The van der Waals surface area contributed by atoms with Gasteiger partial charge >= 0.3 is 6.18 Å². The van der Waals surface area contributed by atoms with Crippen LogP contribution in [0.3, 0.4) is 0 Å². The van der Waals surface area contributed by atoms with Crippen molar-refractivity contribution < 1.29 is 18.3 Å². The Bertz CT molecular complexity index is 588. The third kappa shape index (κ3) is 2.43. The number of halogens is 3. The molecule has 0 aliphatic heterocycles. The number of alkyl halides is 3. The second-order valence-corrected chi connectivity index (χ2v) is 4.46. The Labute approximate surface area is 108 Å². The number of benzene rings is 1. The number of rotatable bonds is 2. The van der Waals surface area contributed by atoms with Gasteiger partial charge in [-0.15, -0.1) is 0 Å². The van der Waals surface area contributed by atoms with Gasteiger partial charge in [-0.1, -0.05) is 18.2 Å². The van der Waals surface area contributed by atoms with E-state index in [-0.39, 0.29) is 23.0 Å². The molecule has 0 unspecified atom stereocenters. The first-order valence-corrected chi connectivity index (χ1v) is 5.75. The highest BCUT2D eigenvalue weighted by atomic mass is 19.4. The molecule has 3 nitrogen and oxygen atoms in total. The summed E-state index contributed by atoms with van der Waals surface area (Å²) in [4.78, 5) is 0. The highest BCUT2D eigenvalue weighted by molar-refractivity contribution is 5.70. The predicted molar refractivity (Wildman–Crippen MR) is 64.7 cm³/mol. The topological polar surface area (TPSA) is 38.0 Å². The smallest absolute Gasteiger partial charge is 0.417 e. The van der Waals surface area contributed by atoms with Crippen LogP contribution in [0.1, 0.15) is 25.5 Å². The fraction of sp³-hybridized carbons (Fsp3) is 0.308. The maximum absolute atomic E-state index is 13.0. The Morgan fingerprint density at radius 2 is 1.84 bits per heavy atom. The molecule has 2 aromatic rings. The van der Waals surface area contributed by atoms with Crippen molar-refractivity contribution >= 4 is 0 Å². The highest BCUT2D eigenvalue weighted by Crippen LogP contribution is 2.40. The van der Waals surface area contributed by atoms with E-state index < -0.39 is 11.7 Å². The molecular weight excluding hydrogens is 257 g/mol. The molecule has 19 heavy (non-hydrogen) atoms. The fourth-order valence-corrected chi connectivity index (χ4v) is 1.94. The van der Waals surface area contributed by atoms with E-state index in [9.17, 15) is 18.3 Å². The molecule has 1 aromatic heterocycles. The standard InChI is InChI=1S/C13H13F3N2O/c1-8(2)18-12(11(19)7-17-18)9-5-3-4-6-10(9)13(14,15)16/h3-8,19H,1-2H3. The SMILES string of the molecule is CC(C)n1ncc(O)c1-c1ccccc1C(F)(F)F. The van der Waals surface area contributed by atoms with Crippen molar-refractivity contribution in [3.63, 3.8) is 0 Å². The van der Waals surface area contributed by atoms with Crippen LogP contribution in [0, 0.1) is 0 Å². The Morgan fingerprint density at radius 3 is 2.42 bits per heavy atom. The largest absolute Gasteiger partial charge is 0.504 e. The van der Waals surface area contributed by atoms with Crippen molar-refractivity contribution in [2.45, 2.75) is 26.1 Å². The van der Waals surface area contributed by atoms with Gasteiger partial charge in [0, 0.05) is 11.6 Å². The van der Waals surface area contributed by atoms with Crippen molar-refractivity contribution in [3.8, 4) is 17.0 Å². The van der Waals surface area contributed by atoms with Crippen LogP contribution in [0.4, 0.5) is 13.2 Å². The summed E-state index contributed by atoms with van der Waals surface area (Å²) < 4.78 is 40.4. The average Bonchev–Trinajstić information content (AvgIpc) is 2.70. The van der Waals surface area contributed by atoms with Crippen LogP contribution in [-0.2, 0) is 6.18 Å². The minimum atomic E-state index is -4.48. The van der Waals surface area contributed by atoms with Crippen LogP contribution < -0.4 is 0 Å². The van der Waals surface area contributed by atoms with E-state index in [4.69, 9.17) is 0 Å². The van der Waals surface area contributed by atoms with E-state index >= 15 is 0 Å². The molecular formula is C13H13F3N2O. The molecule has 1 N–H and O–H groups in total. The van der Waals surface area contributed by atoms with Gasteiger partial charge in [-0.2, -0.15) is 18.3 Å². The number of aromatic nitrogens is 2. The van der Waals surface area contributed by atoms with E-state index in [2.05, 4.69) is 5.10 Å². The van der Waals surface area contributed by atoms with Gasteiger partial charge in [0.25, 0.3) is 0 Å². The molecule has 0 fully saturated rings. The van der Waals surface area contributed by atoms with Gasteiger partial charge in [0.1, 0.15) is 5.69 Å². The minimum absolute atomic E-state index is 0.0706. The summed E-state index contributed by atoms with van der Waals surface area (Å²) in [6.45, 7) is 3.57. The van der Waals surface area contributed by atoms with Crippen LogP contribution in [0.25, 0.3) is 11.3 Å². The van der Waals surface area contributed by atoms with Crippen molar-refractivity contribution in [1.29, 1.82) is 0 Å². The Morgan fingerprint density at radius 1 is 1.21 bits per heavy atom. The van der Waals surface area contributed by atoms with Crippen LogP contribution in [0.2, 0.25) is 0 Å². The molecule has 0 saturated carbocycles.